The molecule has 3 aromatic rings. The number of urea groups is 1. The van der Waals surface area contributed by atoms with Crippen molar-refractivity contribution in [3.8, 4) is 11.3 Å². The predicted octanol–water partition coefficient (Wildman–Crippen LogP) is 4.31. The van der Waals surface area contributed by atoms with Gasteiger partial charge in [-0.15, -0.1) is 0 Å². The number of nitrogens with zero attached hydrogens (tertiary/aromatic N) is 2. The largest absolute Gasteiger partial charge is 0.457 e. The number of carbonyl (C=O) groups is 3. The normalized spacial score (nSPS) is 15.2. The van der Waals surface area contributed by atoms with Gasteiger partial charge in [0.2, 0.25) is 0 Å². The van der Waals surface area contributed by atoms with Crippen LogP contribution < -0.4 is 10.2 Å². The van der Waals surface area contributed by atoms with Crippen LogP contribution >= 0.6 is 11.6 Å². The van der Waals surface area contributed by atoms with E-state index in [0.29, 0.717) is 10.5 Å². The maximum Gasteiger partial charge on any atom is 0.335 e. The van der Waals surface area contributed by atoms with Crippen molar-refractivity contribution in [2.24, 2.45) is 0 Å². The summed E-state index contributed by atoms with van der Waals surface area (Å²) in [6.07, 6.45) is 1.13. The van der Waals surface area contributed by atoms with Gasteiger partial charge in [-0.1, -0.05) is 11.6 Å². The Hall–Kier alpha value is -4.31. The highest BCUT2D eigenvalue weighted by Crippen LogP contribution is 2.32. The van der Waals surface area contributed by atoms with Gasteiger partial charge in [-0.05, 0) is 54.6 Å². The molecule has 9 nitrogen and oxygen atoms in total. The number of anilines is 1. The summed E-state index contributed by atoms with van der Waals surface area (Å²) >= 11 is 5.81. The molecular formula is C21H11ClFN3O6. The molecule has 1 aromatic heterocycles. The number of amides is 4. The average Bonchev–Trinajstić information content (AvgIpc) is 3.21. The monoisotopic (exact) mass is 455 g/mol. The van der Waals surface area contributed by atoms with E-state index < -0.39 is 34.2 Å². The second kappa shape index (κ2) is 8.08. The van der Waals surface area contributed by atoms with Gasteiger partial charge in [0, 0.05) is 11.6 Å². The number of rotatable bonds is 4. The average molecular weight is 456 g/mol. The van der Waals surface area contributed by atoms with Gasteiger partial charge < -0.3 is 4.42 Å². The predicted molar refractivity (Wildman–Crippen MR) is 111 cm³/mol. The van der Waals surface area contributed by atoms with E-state index in [0.717, 1.165) is 18.2 Å². The Kier molecular flexibility index (Phi) is 5.29. The van der Waals surface area contributed by atoms with Gasteiger partial charge in [0.05, 0.1) is 10.6 Å². The van der Waals surface area contributed by atoms with Crippen molar-refractivity contribution in [2.45, 2.75) is 0 Å². The number of nitrogens with one attached hydrogen (secondary N) is 1. The zero-order valence-electron chi connectivity index (χ0n) is 15.9. The van der Waals surface area contributed by atoms with Crippen LogP contribution in [0.4, 0.5) is 20.6 Å². The highest BCUT2D eigenvalue weighted by Gasteiger charge is 2.37. The molecule has 0 radical (unpaired) electrons. The summed E-state index contributed by atoms with van der Waals surface area (Å²) in [7, 11) is 0. The maximum absolute atomic E-state index is 13.2. The van der Waals surface area contributed by atoms with Crippen LogP contribution in [0.25, 0.3) is 17.4 Å². The minimum atomic E-state index is -0.975. The summed E-state index contributed by atoms with van der Waals surface area (Å²) in [6.45, 7) is 0. The molecule has 0 aliphatic carbocycles. The first kappa shape index (κ1) is 20.9. The lowest BCUT2D eigenvalue weighted by molar-refractivity contribution is -0.384. The molecule has 0 spiro atoms. The highest BCUT2D eigenvalue weighted by molar-refractivity contribution is 6.39. The number of nitro groups is 1. The first-order valence-corrected chi connectivity index (χ1v) is 9.33. The molecule has 0 atom stereocenters. The van der Waals surface area contributed by atoms with Crippen molar-refractivity contribution in [2.75, 3.05) is 4.90 Å². The van der Waals surface area contributed by atoms with Crippen molar-refractivity contribution in [1.29, 1.82) is 0 Å². The number of hydrogen-bond acceptors (Lipinski definition) is 6. The fourth-order valence-corrected chi connectivity index (χ4v) is 3.20. The molecule has 1 N–H and O–H groups in total. The maximum atomic E-state index is 13.2. The van der Waals surface area contributed by atoms with Gasteiger partial charge in [-0.3, -0.25) is 25.0 Å². The molecule has 32 heavy (non-hydrogen) atoms. The van der Waals surface area contributed by atoms with Crippen LogP contribution in [0.1, 0.15) is 5.76 Å². The van der Waals surface area contributed by atoms with Crippen LogP contribution in [0.5, 0.6) is 0 Å². The Morgan fingerprint density at radius 1 is 1.06 bits per heavy atom. The number of halogens is 2. The van der Waals surface area contributed by atoms with Crippen molar-refractivity contribution < 1.29 is 28.1 Å². The minimum Gasteiger partial charge on any atom is -0.457 e. The molecule has 0 saturated carbocycles. The van der Waals surface area contributed by atoms with Crippen molar-refractivity contribution in [1.82, 2.24) is 5.32 Å². The fraction of sp³-hybridized carbons (Fsp3) is 0. The van der Waals surface area contributed by atoms with Gasteiger partial charge in [0.1, 0.15) is 27.9 Å². The van der Waals surface area contributed by atoms with Crippen molar-refractivity contribution in [3.63, 3.8) is 0 Å². The number of imide groups is 2. The second-order valence-electron chi connectivity index (χ2n) is 6.56. The summed E-state index contributed by atoms with van der Waals surface area (Å²) in [5.41, 5.74) is -0.276. The number of barbiturate groups is 1. The van der Waals surface area contributed by atoms with Gasteiger partial charge in [0.25, 0.3) is 17.5 Å². The molecule has 11 heteroatoms. The first-order chi connectivity index (χ1) is 15.2. The Balaban J connectivity index is 1.67. The summed E-state index contributed by atoms with van der Waals surface area (Å²) in [4.78, 5) is 48.4. The lowest BCUT2D eigenvalue weighted by Crippen LogP contribution is -2.54. The molecule has 1 saturated heterocycles. The van der Waals surface area contributed by atoms with Crippen LogP contribution in [0, 0.1) is 15.9 Å². The van der Waals surface area contributed by atoms with Crippen molar-refractivity contribution >= 4 is 46.9 Å². The third kappa shape index (κ3) is 3.86. The van der Waals surface area contributed by atoms with Gasteiger partial charge in [-0.25, -0.2) is 14.1 Å². The van der Waals surface area contributed by atoms with Gasteiger partial charge in [0.15, 0.2) is 0 Å². The van der Waals surface area contributed by atoms with Crippen LogP contribution in [0.2, 0.25) is 5.02 Å². The quantitative estimate of drug-likeness (QED) is 0.270. The standard InChI is InChI=1S/C21H11ClFN3O6/c22-16-7-1-11(9-17(16)26(30)31)18-8-6-14(32-18)10-15-19(27)24-21(29)25(20(15)28)13-4-2-12(23)3-5-13/h1-10H,(H,24,27,29)/b15-10-. The van der Waals surface area contributed by atoms with Crippen LogP contribution in [0.3, 0.4) is 0 Å². The summed E-state index contributed by atoms with van der Waals surface area (Å²) < 4.78 is 18.8. The Morgan fingerprint density at radius 2 is 1.78 bits per heavy atom. The smallest absolute Gasteiger partial charge is 0.335 e. The van der Waals surface area contributed by atoms with Crippen LogP contribution in [-0.4, -0.2) is 22.8 Å². The lowest BCUT2D eigenvalue weighted by Gasteiger charge is -2.26. The third-order valence-corrected chi connectivity index (χ3v) is 4.85. The molecule has 2 heterocycles. The minimum absolute atomic E-state index is 0.0392. The molecule has 4 amide bonds. The Labute approximate surface area is 183 Å². The van der Waals surface area contributed by atoms with E-state index in [1.54, 1.807) is 0 Å². The van der Waals surface area contributed by atoms with E-state index in [-0.39, 0.29) is 27.9 Å². The molecule has 1 aliphatic heterocycles. The van der Waals surface area contributed by atoms with Crippen LogP contribution in [-0.2, 0) is 9.59 Å². The van der Waals surface area contributed by atoms with Gasteiger partial charge in [-0.2, -0.15) is 0 Å². The van der Waals surface area contributed by atoms with E-state index in [1.807, 2.05) is 5.32 Å². The van der Waals surface area contributed by atoms with E-state index in [1.165, 1.54) is 42.5 Å². The van der Waals surface area contributed by atoms with Gasteiger partial charge >= 0.3 is 6.03 Å². The number of benzene rings is 2. The third-order valence-electron chi connectivity index (χ3n) is 4.53. The number of nitro benzene ring substituents is 1. The summed E-state index contributed by atoms with van der Waals surface area (Å²) in [5.74, 6) is -2.10. The number of furan rings is 1. The highest BCUT2D eigenvalue weighted by atomic mass is 35.5. The van der Waals surface area contributed by atoms with E-state index in [4.69, 9.17) is 16.0 Å². The fourth-order valence-electron chi connectivity index (χ4n) is 3.02. The second-order valence-corrected chi connectivity index (χ2v) is 6.97. The van der Waals surface area contributed by atoms with E-state index in [2.05, 4.69) is 0 Å². The zero-order chi connectivity index (χ0) is 23.0. The Morgan fingerprint density at radius 3 is 2.47 bits per heavy atom. The molecule has 0 unspecified atom stereocenters. The van der Waals surface area contributed by atoms with Crippen molar-refractivity contribution in [3.05, 3.63) is 86.9 Å². The number of carbonyl (C=O) groups excluding carboxylic acids is 3. The molecule has 2 aromatic carbocycles. The Bertz CT molecular complexity index is 1320. The van der Waals surface area contributed by atoms with E-state index >= 15 is 0 Å². The zero-order valence-corrected chi connectivity index (χ0v) is 16.6. The molecule has 160 valence electrons. The topological polar surface area (TPSA) is 123 Å². The number of hydrogen-bond donors (Lipinski definition) is 1. The summed E-state index contributed by atoms with van der Waals surface area (Å²) in [5, 5.41) is 13.1. The molecule has 0 bridgehead atoms. The molecule has 1 fully saturated rings. The lowest BCUT2D eigenvalue weighted by atomic mass is 10.1. The molecule has 1 aliphatic rings. The van der Waals surface area contributed by atoms with Crippen LogP contribution in [0.15, 0.2) is 64.6 Å². The summed E-state index contributed by atoms with van der Waals surface area (Å²) in [6, 6.07) is 10.6. The molecule has 4 rings (SSSR count). The SMILES string of the molecule is O=C1NC(=O)N(c2ccc(F)cc2)C(=O)/C1=C\c1ccc(-c2ccc(Cl)c([N+](=O)[O-])c2)o1. The molecular weight excluding hydrogens is 445 g/mol. The van der Waals surface area contributed by atoms with E-state index in [9.17, 15) is 28.9 Å². The first-order valence-electron chi connectivity index (χ1n) is 8.96.